The first-order chi connectivity index (χ1) is 9.70. The first kappa shape index (κ1) is 14.1. The molecule has 4 nitrogen and oxygen atoms in total. The van der Waals surface area contributed by atoms with Gasteiger partial charge in [0, 0.05) is 16.7 Å². The highest BCUT2D eigenvalue weighted by Gasteiger charge is 2.05. The Balaban J connectivity index is 2.29. The van der Waals surface area contributed by atoms with Gasteiger partial charge in [-0.1, -0.05) is 30.4 Å². The number of H-pyrrole nitrogens is 1. The molecule has 1 aromatic carbocycles. The van der Waals surface area contributed by atoms with E-state index in [1.165, 1.54) is 6.07 Å². The summed E-state index contributed by atoms with van der Waals surface area (Å²) in [6.45, 7) is 3.60. The lowest BCUT2D eigenvalue weighted by atomic mass is 10.2. The molecule has 20 heavy (non-hydrogen) atoms. The van der Waals surface area contributed by atoms with E-state index in [1.54, 1.807) is 18.2 Å². The molecule has 5 heteroatoms. The quantitative estimate of drug-likeness (QED) is 0.857. The van der Waals surface area contributed by atoms with Crippen LogP contribution < -0.4 is 5.56 Å². The molecule has 102 valence electrons. The van der Waals surface area contributed by atoms with Crippen LogP contribution >= 0.6 is 0 Å². The zero-order valence-corrected chi connectivity index (χ0v) is 11.6. The second kappa shape index (κ2) is 6.77. The number of hydrogen-bond acceptors (Lipinski definition) is 3. The van der Waals surface area contributed by atoms with Crippen LogP contribution in [0.25, 0.3) is 12.2 Å². The Bertz CT molecular complexity index is 699. The van der Waals surface area contributed by atoms with E-state index in [0.29, 0.717) is 11.4 Å². The molecule has 1 unspecified atom stereocenters. The van der Waals surface area contributed by atoms with E-state index in [4.69, 9.17) is 0 Å². The molecular weight excluding hydrogens is 272 g/mol. The number of rotatable bonds is 5. The molecule has 0 aliphatic rings. The van der Waals surface area contributed by atoms with Gasteiger partial charge in [-0.15, -0.1) is 6.58 Å². The van der Waals surface area contributed by atoms with Crippen LogP contribution in [0.2, 0.25) is 0 Å². The van der Waals surface area contributed by atoms with Crippen molar-refractivity contribution in [3.05, 3.63) is 70.7 Å². The van der Waals surface area contributed by atoms with Crippen molar-refractivity contribution in [3.63, 3.8) is 0 Å². The minimum Gasteiger partial charge on any atom is -0.268 e. The molecule has 1 atom stereocenters. The van der Waals surface area contributed by atoms with Gasteiger partial charge in [-0.05, 0) is 23.8 Å². The van der Waals surface area contributed by atoms with E-state index in [-0.39, 0.29) is 5.56 Å². The van der Waals surface area contributed by atoms with E-state index < -0.39 is 10.8 Å². The molecule has 0 radical (unpaired) electrons. The second-order valence-electron chi connectivity index (χ2n) is 4.02. The molecule has 0 aliphatic heterocycles. The zero-order chi connectivity index (χ0) is 14.4. The highest BCUT2D eigenvalue weighted by atomic mass is 32.2. The first-order valence-electron chi connectivity index (χ1n) is 6.03. The summed E-state index contributed by atoms with van der Waals surface area (Å²) in [5.74, 6) is 0.418. The van der Waals surface area contributed by atoms with Gasteiger partial charge in [-0.25, -0.2) is 5.10 Å². The maximum absolute atomic E-state index is 12.1. The van der Waals surface area contributed by atoms with Crippen molar-refractivity contribution < 1.29 is 4.21 Å². The van der Waals surface area contributed by atoms with Crippen LogP contribution in [-0.4, -0.2) is 20.2 Å². The number of benzene rings is 1. The number of hydrogen-bond donors (Lipinski definition) is 1. The predicted octanol–water partition coefficient (Wildman–Crippen LogP) is 2.23. The minimum absolute atomic E-state index is 0.241. The van der Waals surface area contributed by atoms with E-state index in [9.17, 15) is 9.00 Å². The van der Waals surface area contributed by atoms with Crippen LogP contribution in [0.3, 0.4) is 0 Å². The van der Waals surface area contributed by atoms with Gasteiger partial charge in [0.25, 0.3) is 5.56 Å². The lowest BCUT2D eigenvalue weighted by molar-refractivity contribution is 0.685. The van der Waals surface area contributed by atoms with Crippen molar-refractivity contribution in [3.8, 4) is 0 Å². The van der Waals surface area contributed by atoms with Gasteiger partial charge < -0.3 is 0 Å². The summed E-state index contributed by atoms with van der Waals surface area (Å²) in [6.07, 6.45) is 5.23. The summed E-state index contributed by atoms with van der Waals surface area (Å²) < 4.78 is 12.1. The Morgan fingerprint density at radius 1 is 1.20 bits per heavy atom. The normalized spacial score (nSPS) is 12.4. The van der Waals surface area contributed by atoms with Gasteiger partial charge in [-0.2, -0.15) is 5.10 Å². The molecule has 0 aliphatic carbocycles. The SMILES string of the molecule is C=CCS(=O)c1ccccc1/C=C/c1ccc(=O)[nH]n1. The molecule has 0 fully saturated rings. The highest BCUT2D eigenvalue weighted by Crippen LogP contribution is 2.16. The summed E-state index contributed by atoms with van der Waals surface area (Å²) in [4.78, 5) is 11.7. The van der Waals surface area contributed by atoms with Crippen LogP contribution in [-0.2, 0) is 10.8 Å². The fourth-order valence-corrected chi connectivity index (χ4v) is 2.67. The Labute approximate surface area is 119 Å². The number of aromatic nitrogens is 2. The predicted molar refractivity (Wildman–Crippen MR) is 81.7 cm³/mol. The maximum Gasteiger partial charge on any atom is 0.264 e. The third-order valence-corrected chi connectivity index (χ3v) is 3.97. The smallest absolute Gasteiger partial charge is 0.264 e. The van der Waals surface area contributed by atoms with Crippen molar-refractivity contribution in [2.75, 3.05) is 5.75 Å². The molecule has 1 N–H and O–H groups in total. The molecule has 0 spiro atoms. The molecule has 0 saturated carbocycles. The van der Waals surface area contributed by atoms with Gasteiger partial charge in [0.2, 0.25) is 0 Å². The van der Waals surface area contributed by atoms with E-state index in [2.05, 4.69) is 16.8 Å². The fourth-order valence-electron chi connectivity index (χ4n) is 1.65. The molecule has 0 saturated heterocycles. The van der Waals surface area contributed by atoms with Gasteiger partial charge in [0.05, 0.1) is 16.5 Å². The van der Waals surface area contributed by atoms with E-state index in [1.807, 2.05) is 30.3 Å². The van der Waals surface area contributed by atoms with Gasteiger partial charge in [-0.3, -0.25) is 9.00 Å². The number of nitrogens with zero attached hydrogens (tertiary/aromatic N) is 1. The molecular formula is C15H14N2O2S. The summed E-state index contributed by atoms with van der Waals surface area (Å²) in [6, 6.07) is 10.5. The lowest BCUT2D eigenvalue weighted by Crippen LogP contribution is -2.05. The van der Waals surface area contributed by atoms with Crippen LogP contribution in [0.5, 0.6) is 0 Å². The minimum atomic E-state index is -1.10. The molecule has 1 aromatic heterocycles. The Morgan fingerprint density at radius 2 is 2.00 bits per heavy atom. The largest absolute Gasteiger partial charge is 0.268 e. The second-order valence-corrected chi connectivity index (χ2v) is 5.48. The lowest BCUT2D eigenvalue weighted by Gasteiger charge is -2.03. The molecule has 0 amide bonds. The Kier molecular flexibility index (Phi) is 4.79. The highest BCUT2D eigenvalue weighted by molar-refractivity contribution is 7.85. The molecule has 2 rings (SSSR count). The van der Waals surface area contributed by atoms with E-state index in [0.717, 1.165) is 10.5 Å². The topological polar surface area (TPSA) is 62.8 Å². The van der Waals surface area contributed by atoms with Gasteiger partial charge >= 0.3 is 0 Å². The van der Waals surface area contributed by atoms with Crippen LogP contribution in [0.15, 0.2) is 58.7 Å². The summed E-state index contributed by atoms with van der Waals surface area (Å²) >= 11 is 0. The van der Waals surface area contributed by atoms with Gasteiger partial charge in [0.1, 0.15) is 0 Å². The van der Waals surface area contributed by atoms with Crippen LogP contribution in [0, 0.1) is 0 Å². The van der Waals surface area contributed by atoms with Gasteiger partial charge in [0.15, 0.2) is 0 Å². The average Bonchev–Trinajstić information content (AvgIpc) is 2.47. The van der Waals surface area contributed by atoms with Crippen LogP contribution in [0.1, 0.15) is 11.3 Å². The molecule has 1 heterocycles. The summed E-state index contributed by atoms with van der Waals surface area (Å²) in [5, 5.41) is 6.25. The van der Waals surface area contributed by atoms with E-state index >= 15 is 0 Å². The summed E-state index contributed by atoms with van der Waals surface area (Å²) in [5.41, 5.74) is 1.25. The van der Waals surface area contributed by atoms with Crippen molar-refractivity contribution in [1.82, 2.24) is 10.2 Å². The zero-order valence-electron chi connectivity index (χ0n) is 10.8. The van der Waals surface area contributed by atoms with Crippen molar-refractivity contribution >= 4 is 23.0 Å². The molecule has 2 aromatic rings. The summed E-state index contributed by atoms with van der Waals surface area (Å²) in [7, 11) is -1.10. The van der Waals surface area contributed by atoms with Crippen molar-refractivity contribution in [1.29, 1.82) is 0 Å². The Morgan fingerprint density at radius 3 is 2.70 bits per heavy atom. The van der Waals surface area contributed by atoms with Crippen LogP contribution in [0.4, 0.5) is 0 Å². The fraction of sp³-hybridized carbons (Fsp3) is 0.0667. The third kappa shape index (κ3) is 3.61. The third-order valence-electron chi connectivity index (χ3n) is 2.57. The Hall–Kier alpha value is -2.27. The standard InChI is InChI=1S/C15H14N2O2S/c1-2-11-20(19)14-6-4-3-5-12(14)7-8-13-9-10-15(18)17-16-13/h2-10H,1,11H2,(H,17,18)/b8-7+. The first-order valence-corrected chi connectivity index (χ1v) is 7.34. The number of aromatic amines is 1. The average molecular weight is 286 g/mol. The monoisotopic (exact) mass is 286 g/mol. The van der Waals surface area contributed by atoms with Crippen molar-refractivity contribution in [2.45, 2.75) is 4.90 Å². The maximum atomic E-state index is 12.1. The van der Waals surface area contributed by atoms with Crippen molar-refractivity contribution in [2.24, 2.45) is 0 Å². The molecule has 0 bridgehead atoms. The number of nitrogens with one attached hydrogen (secondary N) is 1.